The second-order valence-electron chi connectivity index (χ2n) is 5.86. The number of benzene rings is 1. The third-order valence-corrected chi connectivity index (χ3v) is 2.93. The lowest BCUT2D eigenvalue weighted by Crippen LogP contribution is -2.10. The van der Waals surface area contributed by atoms with E-state index in [1.807, 2.05) is 6.92 Å². The van der Waals surface area contributed by atoms with Crippen LogP contribution in [-0.2, 0) is 6.42 Å². The van der Waals surface area contributed by atoms with Crippen LogP contribution in [0.25, 0.3) is 11.0 Å². The Morgan fingerprint density at radius 3 is 2.44 bits per heavy atom. The molecule has 0 aliphatic rings. The van der Waals surface area contributed by atoms with Gasteiger partial charge >= 0.3 is 0 Å². The normalized spacial score (nSPS) is 12.3. The summed E-state index contributed by atoms with van der Waals surface area (Å²) in [5, 5.41) is 1.26. The highest BCUT2D eigenvalue weighted by molar-refractivity contribution is 5.82. The van der Waals surface area contributed by atoms with Gasteiger partial charge in [0.25, 0.3) is 0 Å². The van der Waals surface area contributed by atoms with E-state index in [0.29, 0.717) is 5.41 Å². The minimum Gasteiger partial charge on any atom is -0.461 e. The van der Waals surface area contributed by atoms with Gasteiger partial charge in [-0.15, -0.1) is 0 Å². The van der Waals surface area contributed by atoms with Gasteiger partial charge in [-0.25, -0.2) is 0 Å². The van der Waals surface area contributed by atoms with Crippen molar-refractivity contribution in [2.24, 2.45) is 5.41 Å². The zero-order valence-corrected chi connectivity index (χ0v) is 10.8. The molecule has 0 N–H and O–H groups in total. The van der Waals surface area contributed by atoms with E-state index in [9.17, 15) is 0 Å². The summed E-state index contributed by atoms with van der Waals surface area (Å²) in [4.78, 5) is 0. The quantitative estimate of drug-likeness (QED) is 0.677. The molecule has 0 saturated heterocycles. The molecule has 1 nitrogen and oxygen atoms in total. The van der Waals surface area contributed by atoms with Crippen molar-refractivity contribution in [3.63, 3.8) is 0 Å². The average Bonchev–Trinajstić information content (AvgIpc) is 2.50. The third-order valence-electron chi connectivity index (χ3n) is 2.93. The van der Waals surface area contributed by atoms with Crippen LogP contribution in [0.4, 0.5) is 0 Å². The highest BCUT2D eigenvalue weighted by Gasteiger charge is 2.15. The summed E-state index contributed by atoms with van der Waals surface area (Å²) in [5.41, 5.74) is 4.13. The second-order valence-corrected chi connectivity index (χ2v) is 5.86. The number of fused-ring (bicyclic) bond motifs is 1. The summed E-state index contributed by atoms with van der Waals surface area (Å²) >= 11 is 0. The number of rotatable bonds is 1. The lowest BCUT2D eigenvalue weighted by Gasteiger charge is -2.19. The first-order valence-corrected chi connectivity index (χ1v) is 5.85. The summed E-state index contributed by atoms with van der Waals surface area (Å²) < 4.78 is 5.63. The monoisotopic (exact) mass is 216 g/mol. The maximum absolute atomic E-state index is 5.63. The van der Waals surface area contributed by atoms with Crippen LogP contribution in [0.3, 0.4) is 0 Å². The Hall–Kier alpha value is -1.24. The maximum Gasteiger partial charge on any atom is 0.134 e. The van der Waals surface area contributed by atoms with Gasteiger partial charge in [-0.05, 0) is 48.9 Å². The number of aryl methyl sites for hydroxylation is 2. The first-order valence-electron chi connectivity index (χ1n) is 5.85. The standard InChI is InChI=1S/C15H20O/c1-10-8-13-11(2)12(9-15(3,4)5)6-7-14(13)16-10/h6-8H,9H2,1-5H3. The summed E-state index contributed by atoms with van der Waals surface area (Å²) in [6, 6.07) is 6.43. The molecule has 1 aromatic carbocycles. The molecule has 0 amide bonds. The first-order chi connectivity index (χ1) is 7.37. The van der Waals surface area contributed by atoms with Crippen LogP contribution in [0.15, 0.2) is 22.6 Å². The number of furan rings is 1. The van der Waals surface area contributed by atoms with Crippen molar-refractivity contribution in [3.8, 4) is 0 Å². The lowest BCUT2D eigenvalue weighted by molar-refractivity contribution is 0.410. The van der Waals surface area contributed by atoms with E-state index in [1.54, 1.807) is 0 Å². The molecule has 0 spiro atoms. The molecule has 0 aliphatic carbocycles. The van der Waals surface area contributed by atoms with E-state index in [-0.39, 0.29) is 0 Å². The molecule has 2 aromatic rings. The van der Waals surface area contributed by atoms with Crippen LogP contribution in [0.5, 0.6) is 0 Å². The van der Waals surface area contributed by atoms with Crippen LogP contribution in [0, 0.1) is 19.3 Å². The van der Waals surface area contributed by atoms with Crippen molar-refractivity contribution in [2.45, 2.75) is 41.0 Å². The zero-order chi connectivity index (χ0) is 11.9. The minimum absolute atomic E-state index is 0.331. The third kappa shape index (κ3) is 2.13. The van der Waals surface area contributed by atoms with Crippen molar-refractivity contribution < 1.29 is 4.42 Å². The Bertz CT molecular complexity index is 512. The molecule has 0 bridgehead atoms. The molecule has 86 valence electrons. The fourth-order valence-electron chi connectivity index (χ4n) is 2.19. The molecule has 0 radical (unpaired) electrons. The van der Waals surface area contributed by atoms with E-state index in [4.69, 9.17) is 4.42 Å². The molecular formula is C15H20O. The zero-order valence-electron chi connectivity index (χ0n) is 10.8. The summed E-state index contributed by atoms with van der Waals surface area (Å²) in [6.07, 6.45) is 1.11. The van der Waals surface area contributed by atoms with E-state index in [0.717, 1.165) is 17.8 Å². The fourth-order valence-corrected chi connectivity index (χ4v) is 2.19. The minimum atomic E-state index is 0.331. The molecule has 0 unspecified atom stereocenters. The van der Waals surface area contributed by atoms with Gasteiger partial charge in [-0.2, -0.15) is 0 Å². The highest BCUT2D eigenvalue weighted by Crippen LogP contribution is 2.29. The summed E-state index contributed by atoms with van der Waals surface area (Å²) in [5.74, 6) is 0.992. The van der Waals surface area contributed by atoms with Crippen LogP contribution >= 0.6 is 0 Å². The fraction of sp³-hybridized carbons (Fsp3) is 0.467. The number of hydrogen-bond donors (Lipinski definition) is 0. The van der Waals surface area contributed by atoms with Gasteiger partial charge in [0.05, 0.1) is 0 Å². The first kappa shape index (κ1) is 11.3. The number of hydrogen-bond acceptors (Lipinski definition) is 1. The average molecular weight is 216 g/mol. The smallest absolute Gasteiger partial charge is 0.134 e. The van der Waals surface area contributed by atoms with Gasteiger partial charge in [-0.3, -0.25) is 0 Å². The Balaban J connectivity index is 2.52. The largest absolute Gasteiger partial charge is 0.461 e. The van der Waals surface area contributed by atoms with Crippen LogP contribution in [0.1, 0.15) is 37.7 Å². The predicted octanol–water partition coefficient (Wildman–Crippen LogP) is 4.64. The molecule has 0 atom stereocenters. The van der Waals surface area contributed by atoms with E-state index in [1.165, 1.54) is 16.5 Å². The Kier molecular flexibility index (Phi) is 2.57. The van der Waals surface area contributed by atoms with Crippen LogP contribution < -0.4 is 0 Å². The van der Waals surface area contributed by atoms with Gasteiger partial charge in [-0.1, -0.05) is 26.8 Å². The Morgan fingerprint density at radius 2 is 1.81 bits per heavy atom. The van der Waals surface area contributed by atoms with E-state index >= 15 is 0 Å². The molecule has 0 aliphatic heterocycles. The highest BCUT2D eigenvalue weighted by atomic mass is 16.3. The topological polar surface area (TPSA) is 13.1 Å². The van der Waals surface area contributed by atoms with Gasteiger partial charge in [0, 0.05) is 5.39 Å². The van der Waals surface area contributed by atoms with E-state index in [2.05, 4.69) is 45.9 Å². The van der Waals surface area contributed by atoms with Gasteiger partial charge in [0.15, 0.2) is 0 Å². The Labute approximate surface area is 97.5 Å². The molecule has 1 heteroatoms. The van der Waals surface area contributed by atoms with Crippen molar-refractivity contribution in [3.05, 3.63) is 35.1 Å². The molecule has 16 heavy (non-hydrogen) atoms. The van der Waals surface area contributed by atoms with Crippen molar-refractivity contribution in [1.29, 1.82) is 0 Å². The van der Waals surface area contributed by atoms with Gasteiger partial charge in [0.1, 0.15) is 11.3 Å². The molecule has 2 rings (SSSR count). The molecule has 0 saturated carbocycles. The van der Waals surface area contributed by atoms with Crippen LogP contribution in [0.2, 0.25) is 0 Å². The molecule has 1 heterocycles. The lowest BCUT2D eigenvalue weighted by atomic mass is 9.86. The SMILES string of the molecule is Cc1cc2c(C)c(CC(C)(C)C)ccc2o1. The van der Waals surface area contributed by atoms with Gasteiger partial charge in [0.2, 0.25) is 0 Å². The van der Waals surface area contributed by atoms with E-state index < -0.39 is 0 Å². The maximum atomic E-state index is 5.63. The Morgan fingerprint density at radius 1 is 1.12 bits per heavy atom. The summed E-state index contributed by atoms with van der Waals surface area (Å²) in [6.45, 7) is 11.0. The predicted molar refractivity (Wildman–Crippen MR) is 68.8 cm³/mol. The molecule has 0 fully saturated rings. The molecular weight excluding hydrogens is 196 g/mol. The van der Waals surface area contributed by atoms with Crippen molar-refractivity contribution in [2.75, 3.05) is 0 Å². The second kappa shape index (κ2) is 3.65. The molecule has 1 aromatic heterocycles. The van der Waals surface area contributed by atoms with Crippen molar-refractivity contribution >= 4 is 11.0 Å². The van der Waals surface area contributed by atoms with Gasteiger partial charge < -0.3 is 4.42 Å². The van der Waals surface area contributed by atoms with Crippen molar-refractivity contribution in [1.82, 2.24) is 0 Å². The summed E-state index contributed by atoms with van der Waals surface area (Å²) in [7, 11) is 0. The van der Waals surface area contributed by atoms with Crippen LogP contribution in [-0.4, -0.2) is 0 Å².